The van der Waals surface area contributed by atoms with E-state index in [4.69, 9.17) is 0 Å². The molecule has 0 radical (unpaired) electrons. The molecule has 1 amide bonds. The molecular formula is C21H23N5OS. The fourth-order valence-electron chi connectivity index (χ4n) is 3.41. The van der Waals surface area contributed by atoms with Gasteiger partial charge in [0, 0.05) is 43.2 Å². The van der Waals surface area contributed by atoms with E-state index in [1.807, 2.05) is 29.2 Å². The second-order valence-corrected chi connectivity index (χ2v) is 7.81. The summed E-state index contributed by atoms with van der Waals surface area (Å²) in [5.41, 5.74) is 4.45. The van der Waals surface area contributed by atoms with Crippen molar-refractivity contribution in [3.8, 4) is 0 Å². The SMILES string of the molecule is Cc1ccccc1N1CCN(C(=O)c2ccc(CSc3ncn[nH]3)cc2)CC1. The van der Waals surface area contributed by atoms with E-state index in [9.17, 15) is 4.79 Å². The van der Waals surface area contributed by atoms with Crippen LogP contribution >= 0.6 is 11.8 Å². The first kappa shape index (κ1) is 18.6. The maximum absolute atomic E-state index is 12.8. The first-order valence-electron chi connectivity index (χ1n) is 9.37. The predicted octanol–water partition coefficient (Wildman–Crippen LogP) is 3.37. The zero-order valence-electron chi connectivity index (χ0n) is 15.8. The molecule has 0 saturated carbocycles. The Balaban J connectivity index is 1.33. The van der Waals surface area contributed by atoms with E-state index < -0.39 is 0 Å². The second kappa shape index (κ2) is 8.48. The molecule has 1 saturated heterocycles. The lowest BCUT2D eigenvalue weighted by molar-refractivity contribution is 0.0747. The number of anilines is 1. The van der Waals surface area contributed by atoms with Crippen LogP contribution < -0.4 is 4.90 Å². The molecule has 0 spiro atoms. The summed E-state index contributed by atoms with van der Waals surface area (Å²) in [5, 5.41) is 7.48. The summed E-state index contributed by atoms with van der Waals surface area (Å²) in [6.45, 7) is 5.35. The zero-order chi connectivity index (χ0) is 19.3. The van der Waals surface area contributed by atoms with Crippen molar-refractivity contribution in [1.29, 1.82) is 0 Å². The van der Waals surface area contributed by atoms with Gasteiger partial charge >= 0.3 is 0 Å². The summed E-state index contributed by atoms with van der Waals surface area (Å²) in [4.78, 5) is 21.3. The smallest absolute Gasteiger partial charge is 0.253 e. The van der Waals surface area contributed by atoms with Crippen molar-refractivity contribution >= 4 is 23.4 Å². The van der Waals surface area contributed by atoms with E-state index in [1.165, 1.54) is 17.6 Å². The fourth-order valence-corrected chi connectivity index (χ4v) is 4.15. The second-order valence-electron chi connectivity index (χ2n) is 6.84. The molecule has 3 aromatic rings. The minimum Gasteiger partial charge on any atom is -0.368 e. The molecule has 1 aromatic heterocycles. The van der Waals surface area contributed by atoms with E-state index in [0.717, 1.165) is 48.2 Å². The number of carbonyl (C=O) groups excluding carboxylic acids is 1. The van der Waals surface area contributed by atoms with E-state index >= 15 is 0 Å². The van der Waals surface area contributed by atoms with Gasteiger partial charge in [-0.05, 0) is 36.2 Å². The van der Waals surface area contributed by atoms with E-state index in [2.05, 4.69) is 51.3 Å². The number of piperazine rings is 1. The number of carbonyl (C=O) groups is 1. The quantitative estimate of drug-likeness (QED) is 0.674. The number of aryl methyl sites for hydroxylation is 1. The Morgan fingerprint density at radius 2 is 1.82 bits per heavy atom. The third-order valence-electron chi connectivity index (χ3n) is 4.99. The normalized spacial score (nSPS) is 14.3. The number of nitrogens with zero attached hydrogens (tertiary/aromatic N) is 4. The molecule has 0 atom stereocenters. The lowest BCUT2D eigenvalue weighted by Crippen LogP contribution is -2.49. The van der Waals surface area contributed by atoms with Gasteiger partial charge in [0.15, 0.2) is 5.16 Å². The molecule has 0 bridgehead atoms. The first-order chi connectivity index (χ1) is 13.7. The number of hydrogen-bond acceptors (Lipinski definition) is 5. The number of amides is 1. The van der Waals surface area contributed by atoms with E-state index in [0.29, 0.717) is 0 Å². The van der Waals surface area contributed by atoms with Crippen LogP contribution in [0, 0.1) is 6.92 Å². The molecule has 1 fully saturated rings. The average Bonchev–Trinajstić information content (AvgIpc) is 3.26. The number of rotatable bonds is 5. The monoisotopic (exact) mass is 393 g/mol. The Hall–Kier alpha value is -2.80. The van der Waals surface area contributed by atoms with Crippen molar-refractivity contribution in [2.75, 3.05) is 31.1 Å². The topological polar surface area (TPSA) is 65.1 Å². The molecule has 2 heterocycles. The lowest BCUT2D eigenvalue weighted by atomic mass is 10.1. The minimum atomic E-state index is 0.110. The maximum Gasteiger partial charge on any atom is 0.253 e. The number of aromatic nitrogens is 3. The average molecular weight is 394 g/mol. The molecule has 1 N–H and O–H groups in total. The number of hydrogen-bond donors (Lipinski definition) is 1. The van der Waals surface area contributed by atoms with Crippen molar-refractivity contribution in [2.45, 2.75) is 17.8 Å². The van der Waals surface area contributed by atoms with E-state index in [-0.39, 0.29) is 5.91 Å². The van der Waals surface area contributed by atoms with Crippen LogP contribution in [0.15, 0.2) is 60.0 Å². The Morgan fingerprint density at radius 3 is 2.50 bits per heavy atom. The highest BCUT2D eigenvalue weighted by molar-refractivity contribution is 7.98. The first-order valence-corrected chi connectivity index (χ1v) is 10.4. The van der Waals surface area contributed by atoms with Crippen LogP contribution in [-0.4, -0.2) is 52.2 Å². The lowest BCUT2D eigenvalue weighted by Gasteiger charge is -2.36. The van der Waals surface area contributed by atoms with E-state index in [1.54, 1.807) is 11.8 Å². The van der Waals surface area contributed by atoms with Crippen molar-refractivity contribution < 1.29 is 4.79 Å². The van der Waals surface area contributed by atoms with Crippen molar-refractivity contribution in [3.63, 3.8) is 0 Å². The highest BCUT2D eigenvalue weighted by atomic mass is 32.2. The highest BCUT2D eigenvalue weighted by Crippen LogP contribution is 2.22. The molecule has 0 aliphatic carbocycles. The highest BCUT2D eigenvalue weighted by Gasteiger charge is 2.22. The predicted molar refractivity (Wildman–Crippen MR) is 112 cm³/mol. The summed E-state index contributed by atoms with van der Waals surface area (Å²) in [7, 11) is 0. The van der Waals surface area contributed by atoms with Gasteiger partial charge in [-0.15, -0.1) is 0 Å². The number of H-pyrrole nitrogens is 1. The van der Waals surface area contributed by atoms with Crippen molar-refractivity contribution in [1.82, 2.24) is 20.1 Å². The van der Waals surface area contributed by atoms with Gasteiger partial charge in [0.2, 0.25) is 0 Å². The van der Waals surface area contributed by atoms with Gasteiger partial charge < -0.3 is 9.80 Å². The van der Waals surface area contributed by atoms with Gasteiger partial charge in [0.1, 0.15) is 6.33 Å². The molecule has 0 unspecified atom stereocenters. The van der Waals surface area contributed by atoms with Gasteiger partial charge in [-0.1, -0.05) is 42.1 Å². The standard InChI is InChI=1S/C21H23N5OS/c1-16-4-2-3-5-19(16)25-10-12-26(13-11-25)20(27)18-8-6-17(7-9-18)14-28-21-22-15-23-24-21/h2-9,15H,10-14H2,1H3,(H,22,23,24). The number of aromatic amines is 1. The van der Waals surface area contributed by atoms with Crippen LogP contribution in [-0.2, 0) is 5.75 Å². The number of nitrogens with one attached hydrogen (secondary N) is 1. The zero-order valence-corrected chi connectivity index (χ0v) is 16.7. The summed E-state index contributed by atoms with van der Waals surface area (Å²) in [6, 6.07) is 16.3. The third-order valence-corrected chi connectivity index (χ3v) is 5.94. The molecule has 4 rings (SSSR count). The van der Waals surface area contributed by atoms with Crippen LogP contribution in [0.25, 0.3) is 0 Å². The van der Waals surface area contributed by atoms with Crippen molar-refractivity contribution in [2.24, 2.45) is 0 Å². The number of benzene rings is 2. The molecule has 7 heteroatoms. The fraction of sp³-hybridized carbons (Fsp3) is 0.286. The van der Waals surface area contributed by atoms with Gasteiger partial charge in [-0.2, -0.15) is 5.10 Å². The number of para-hydroxylation sites is 1. The Kier molecular flexibility index (Phi) is 5.62. The van der Waals surface area contributed by atoms with Crippen LogP contribution in [0.2, 0.25) is 0 Å². The summed E-state index contributed by atoms with van der Waals surface area (Å²) >= 11 is 1.59. The molecule has 1 aliphatic heterocycles. The van der Waals surface area contributed by atoms with Gasteiger partial charge in [-0.25, -0.2) is 4.98 Å². The van der Waals surface area contributed by atoms with Crippen LogP contribution in [0.4, 0.5) is 5.69 Å². The van der Waals surface area contributed by atoms with Crippen LogP contribution in [0.5, 0.6) is 0 Å². The Morgan fingerprint density at radius 1 is 1.07 bits per heavy atom. The number of thioether (sulfide) groups is 1. The summed E-state index contributed by atoms with van der Waals surface area (Å²) in [6.07, 6.45) is 1.50. The van der Waals surface area contributed by atoms with Crippen LogP contribution in [0.3, 0.4) is 0 Å². The molecule has 28 heavy (non-hydrogen) atoms. The Labute approximate surface area is 169 Å². The van der Waals surface area contributed by atoms with Gasteiger partial charge in [-0.3, -0.25) is 9.89 Å². The van der Waals surface area contributed by atoms with Gasteiger partial charge in [0.05, 0.1) is 0 Å². The molecular weight excluding hydrogens is 370 g/mol. The summed E-state index contributed by atoms with van der Waals surface area (Å²) < 4.78 is 0. The molecule has 6 nitrogen and oxygen atoms in total. The summed E-state index contributed by atoms with van der Waals surface area (Å²) in [5.74, 6) is 0.901. The molecule has 1 aliphatic rings. The van der Waals surface area contributed by atoms with Crippen molar-refractivity contribution in [3.05, 3.63) is 71.5 Å². The Bertz CT molecular complexity index is 918. The maximum atomic E-state index is 12.8. The molecule has 144 valence electrons. The third kappa shape index (κ3) is 4.20. The van der Waals surface area contributed by atoms with Gasteiger partial charge in [0.25, 0.3) is 5.91 Å². The molecule has 2 aromatic carbocycles. The minimum absolute atomic E-state index is 0.110. The largest absolute Gasteiger partial charge is 0.368 e. The van der Waals surface area contributed by atoms with Crippen LogP contribution in [0.1, 0.15) is 21.5 Å².